The number of hydrogen-bond donors (Lipinski definition) is 0. The molecule has 2 rings (SSSR count). The van der Waals surface area contributed by atoms with Crippen molar-refractivity contribution in [3.63, 3.8) is 0 Å². The van der Waals surface area contributed by atoms with Crippen molar-refractivity contribution in [2.75, 3.05) is 6.61 Å². The molecular formula is C19H29N3O2. The second kappa shape index (κ2) is 10.8. The number of rotatable bonds is 11. The summed E-state index contributed by atoms with van der Waals surface area (Å²) in [4.78, 5) is 12.0. The number of nitrogens with zero attached hydrogens (tertiary/aromatic N) is 3. The number of ether oxygens (including phenoxy) is 1. The Kier molecular flexibility index (Phi) is 8.28. The molecule has 2 aromatic rings. The number of aromatic nitrogens is 3. The van der Waals surface area contributed by atoms with Crippen molar-refractivity contribution in [3.8, 4) is 0 Å². The van der Waals surface area contributed by atoms with Gasteiger partial charge in [0.1, 0.15) is 11.0 Å². The van der Waals surface area contributed by atoms with E-state index in [0.717, 1.165) is 12.8 Å². The Labute approximate surface area is 144 Å². The van der Waals surface area contributed by atoms with Gasteiger partial charge in [-0.25, -0.2) is 4.79 Å². The highest BCUT2D eigenvalue weighted by molar-refractivity contribution is 5.84. The Morgan fingerprint density at radius 1 is 0.958 bits per heavy atom. The molecule has 0 aliphatic carbocycles. The first-order valence-electron chi connectivity index (χ1n) is 9.30. The van der Waals surface area contributed by atoms with Gasteiger partial charge in [-0.05, 0) is 18.6 Å². The van der Waals surface area contributed by atoms with Crippen LogP contribution >= 0.6 is 0 Å². The van der Waals surface area contributed by atoms with E-state index in [2.05, 4.69) is 17.2 Å². The summed E-state index contributed by atoms with van der Waals surface area (Å²) in [5.74, 6) is 0. The van der Waals surface area contributed by atoms with Gasteiger partial charge in [-0.15, -0.1) is 9.78 Å². The molecule has 0 spiro atoms. The van der Waals surface area contributed by atoms with Gasteiger partial charge < -0.3 is 4.74 Å². The van der Waals surface area contributed by atoms with Gasteiger partial charge in [0.25, 0.3) is 0 Å². The smallest absolute Gasteiger partial charge is 0.436 e. The van der Waals surface area contributed by atoms with E-state index in [-0.39, 0.29) is 0 Å². The van der Waals surface area contributed by atoms with E-state index in [1.54, 1.807) is 0 Å². The lowest BCUT2D eigenvalue weighted by Crippen LogP contribution is -2.15. The number of carbonyl (C=O) groups is 1. The fraction of sp³-hybridized carbons (Fsp3) is 0.632. The molecular weight excluding hydrogens is 302 g/mol. The average Bonchev–Trinajstić information content (AvgIpc) is 3.03. The molecule has 0 amide bonds. The van der Waals surface area contributed by atoms with Crippen LogP contribution in [0.5, 0.6) is 0 Å². The number of para-hydroxylation sites is 1. The molecule has 0 saturated carbocycles. The number of unbranched alkanes of at least 4 members (excludes halogenated alkanes) is 9. The van der Waals surface area contributed by atoms with E-state index >= 15 is 0 Å². The zero-order chi connectivity index (χ0) is 17.0. The molecule has 0 atom stereocenters. The minimum absolute atomic E-state index is 0.445. The molecule has 1 aromatic carbocycles. The molecule has 0 aliphatic rings. The van der Waals surface area contributed by atoms with Gasteiger partial charge in [0.2, 0.25) is 0 Å². The molecule has 0 bridgehead atoms. The van der Waals surface area contributed by atoms with Crippen LogP contribution in [0.2, 0.25) is 0 Å². The summed E-state index contributed by atoms with van der Waals surface area (Å²) in [6, 6.07) is 7.37. The third-order valence-electron chi connectivity index (χ3n) is 4.25. The first-order chi connectivity index (χ1) is 11.8. The maximum Gasteiger partial charge on any atom is 0.436 e. The predicted octanol–water partition coefficient (Wildman–Crippen LogP) is 5.34. The SMILES string of the molecule is CCCCCCCCCCCCOC(=O)n1nnc2ccccc21. The van der Waals surface area contributed by atoms with Gasteiger partial charge in [-0.1, -0.05) is 82.1 Å². The van der Waals surface area contributed by atoms with Crippen molar-refractivity contribution in [1.29, 1.82) is 0 Å². The van der Waals surface area contributed by atoms with Crippen molar-refractivity contribution in [3.05, 3.63) is 24.3 Å². The maximum atomic E-state index is 12.0. The highest BCUT2D eigenvalue weighted by atomic mass is 16.6. The third kappa shape index (κ3) is 5.95. The summed E-state index contributed by atoms with van der Waals surface area (Å²) in [6.07, 6.45) is 12.2. The maximum absolute atomic E-state index is 12.0. The number of hydrogen-bond acceptors (Lipinski definition) is 4. The first-order valence-corrected chi connectivity index (χ1v) is 9.30. The van der Waals surface area contributed by atoms with Gasteiger partial charge in [0.05, 0.1) is 6.61 Å². The molecule has 5 nitrogen and oxygen atoms in total. The quantitative estimate of drug-likeness (QED) is 0.522. The van der Waals surface area contributed by atoms with Gasteiger partial charge in [0.15, 0.2) is 0 Å². The lowest BCUT2D eigenvalue weighted by atomic mass is 10.1. The number of carbonyl (C=O) groups excluding carboxylic acids is 1. The summed E-state index contributed by atoms with van der Waals surface area (Å²) < 4.78 is 6.52. The van der Waals surface area contributed by atoms with E-state index in [4.69, 9.17) is 4.74 Å². The third-order valence-corrected chi connectivity index (χ3v) is 4.25. The largest absolute Gasteiger partial charge is 0.448 e. The van der Waals surface area contributed by atoms with Gasteiger partial charge in [-0.2, -0.15) is 0 Å². The van der Waals surface area contributed by atoms with E-state index in [0.29, 0.717) is 17.6 Å². The molecule has 0 aliphatic heterocycles. The van der Waals surface area contributed by atoms with E-state index in [9.17, 15) is 4.79 Å². The van der Waals surface area contributed by atoms with Crippen LogP contribution in [-0.2, 0) is 4.74 Å². The topological polar surface area (TPSA) is 57.0 Å². The van der Waals surface area contributed by atoms with E-state index in [1.807, 2.05) is 24.3 Å². The minimum Gasteiger partial charge on any atom is -0.448 e. The standard InChI is InChI=1S/C19H29N3O2/c1-2-3-4-5-6-7-8-9-10-13-16-24-19(23)22-18-15-12-11-14-17(18)20-21-22/h11-12,14-15H,2-10,13,16H2,1H3. The fourth-order valence-corrected chi connectivity index (χ4v) is 2.81. The Morgan fingerprint density at radius 2 is 1.58 bits per heavy atom. The molecule has 0 radical (unpaired) electrons. The normalized spacial score (nSPS) is 11.0. The fourth-order valence-electron chi connectivity index (χ4n) is 2.81. The van der Waals surface area contributed by atoms with Crippen LogP contribution in [-0.4, -0.2) is 27.7 Å². The Morgan fingerprint density at radius 3 is 2.29 bits per heavy atom. The van der Waals surface area contributed by atoms with Crippen LogP contribution in [0.3, 0.4) is 0 Å². The summed E-state index contributed by atoms with van der Waals surface area (Å²) in [6.45, 7) is 2.70. The molecule has 0 fully saturated rings. The average molecular weight is 331 g/mol. The Hall–Kier alpha value is -1.91. The zero-order valence-corrected chi connectivity index (χ0v) is 14.7. The van der Waals surface area contributed by atoms with Crippen molar-refractivity contribution >= 4 is 17.1 Å². The minimum atomic E-state index is -0.445. The molecule has 132 valence electrons. The molecule has 24 heavy (non-hydrogen) atoms. The van der Waals surface area contributed by atoms with Crippen LogP contribution in [0, 0.1) is 0 Å². The van der Waals surface area contributed by atoms with Crippen molar-refractivity contribution in [1.82, 2.24) is 15.0 Å². The molecule has 0 saturated heterocycles. The summed E-state index contributed by atoms with van der Waals surface area (Å²) >= 11 is 0. The molecule has 5 heteroatoms. The van der Waals surface area contributed by atoms with Crippen LogP contribution in [0.15, 0.2) is 24.3 Å². The van der Waals surface area contributed by atoms with E-state index < -0.39 is 6.09 Å². The van der Waals surface area contributed by atoms with Crippen LogP contribution in [0.1, 0.15) is 71.1 Å². The van der Waals surface area contributed by atoms with Gasteiger partial charge in [0, 0.05) is 0 Å². The Bertz CT molecular complexity index is 609. The molecule has 1 aromatic heterocycles. The Balaban J connectivity index is 1.52. The zero-order valence-electron chi connectivity index (χ0n) is 14.7. The second-order valence-corrected chi connectivity index (χ2v) is 6.29. The molecule has 0 unspecified atom stereocenters. The number of benzene rings is 1. The lowest BCUT2D eigenvalue weighted by Gasteiger charge is -2.05. The lowest BCUT2D eigenvalue weighted by molar-refractivity contribution is 0.142. The highest BCUT2D eigenvalue weighted by Gasteiger charge is 2.12. The van der Waals surface area contributed by atoms with Gasteiger partial charge in [-0.3, -0.25) is 0 Å². The van der Waals surface area contributed by atoms with Crippen LogP contribution in [0.25, 0.3) is 11.0 Å². The monoisotopic (exact) mass is 331 g/mol. The molecule has 0 N–H and O–H groups in total. The number of fused-ring (bicyclic) bond motifs is 1. The van der Waals surface area contributed by atoms with Gasteiger partial charge >= 0.3 is 6.09 Å². The highest BCUT2D eigenvalue weighted by Crippen LogP contribution is 2.12. The molecule has 1 heterocycles. The predicted molar refractivity (Wildman–Crippen MR) is 96.1 cm³/mol. The van der Waals surface area contributed by atoms with E-state index in [1.165, 1.54) is 56.0 Å². The van der Waals surface area contributed by atoms with Crippen molar-refractivity contribution < 1.29 is 9.53 Å². The first kappa shape index (κ1) is 18.4. The summed E-state index contributed by atoms with van der Waals surface area (Å²) in [5.41, 5.74) is 1.39. The van der Waals surface area contributed by atoms with Crippen LogP contribution < -0.4 is 0 Å². The summed E-state index contributed by atoms with van der Waals surface area (Å²) in [7, 11) is 0. The van der Waals surface area contributed by atoms with Crippen molar-refractivity contribution in [2.45, 2.75) is 71.1 Å². The van der Waals surface area contributed by atoms with Crippen molar-refractivity contribution in [2.24, 2.45) is 0 Å². The second-order valence-electron chi connectivity index (χ2n) is 6.29. The summed E-state index contributed by atoms with van der Waals surface area (Å²) in [5, 5.41) is 7.81. The van der Waals surface area contributed by atoms with Crippen LogP contribution in [0.4, 0.5) is 4.79 Å².